The van der Waals surface area contributed by atoms with Crippen molar-refractivity contribution in [2.45, 2.75) is 0 Å². The minimum absolute atomic E-state index is 0.0480. The summed E-state index contributed by atoms with van der Waals surface area (Å²) in [6.45, 7) is 0. The highest BCUT2D eigenvalue weighted by Crippen LogP contribution is 2.30. The van der Waals surface area contributed by atoms with Gasteiger partial charge in [-0.25, -0.2) is 4.98 Å². The molecule has 4 rings (SSSR count). The number of fused-ring (bicyclic) bond motifs is 3. The van der Waals surface area contributed by atoms with Crippen molar-refractivity contribution < 1.29 is 9.21 Å². The molecule has 2 aromatic carbocycles. The van der Waals surface area contributed by atoms with Gasteiger partial charge in [-0.05, 0) is 24.3 Å². The van der Waals surface area contributed by atoms with Crippen molar-refractivity contribution in [2.75, 3.05) is 11.1 Å². The summed E-state index contributed by atoms with van der Waals surface area (Å²) in [4.78, 5) is 28.9. The highest BCUT2D eigenvalue weighted by molar-refractivity contribution is 7.22. The van der Waals surface area contributed by atoms with Crippen LogP contribution < -0.4 is 16.5 Å². The molecule has 0 bridgehead atoms. The number of nitrogens with two attached hydrogens (primary N) is 1. The van der Waals surface area contributed by atoms with Crippen LogP contribution in [0, 0.1) is 0 Å². The molecule has 7 heteroatoms. The van der Waals surface area contributed by atoms with E-state index in [-0.39, 0.29) is 11.2 Å². The van der Waals surface area contributed by atoms with Crippen LogP contribution in [0.15, 0.2) is 57.7 Å². The number of hydrogen-bond acceptors (Lipinski definition) is 6. The molecular formula is C17H11N3O3S. The number of nitrogen functional groups attached to an aromatic ring is 1. The zero-order chi connectivity index (χ0) is 16.7. The van der Waals surface area contributed by atoms with Crippen molar-refractivity contribution in [1.29, 1.82) is 0 Å². The number of benzene rings is 2. The quantitative estimate of drug-likeness (QED) is 0.585. The number of nitrogens with zero attached hydrogens (tertiary/aromatic N) is 1. The molecule has 0 saturated heterocycles. The zero-order valence-corrected chi connectivity index (χ0v) is 13.1. The number of amides is 1. The van der Waals surface area contributed by atoms with Crippen molar-refractivity contribution in [1.82, 2.24) is 4.98 Å². The maximum Gasteiger partial charge on any atom is 0.291 e. The maximum atomic E-state index is 12.5. The lowest BCUT2D eigenvalue weighted by molar-refractivity contribution is 0.0997. The minimum Gasteiger partial charge on any atom is -0.451 e. The van der Waals surface area contributed by atoms with Gasteiger partial charge in [-0.15, -0.1) is 0 Å². The number of para-hydroxylation sites is 1. The van der Waals surface area contributed by atoms with E-state index in [0.29, 0.717) is 32.0 Å². The molecule has 1 amide bonds. The van der Waals surface area contributed by atoms with Crippen LogP contribution in [0.5, 0.6) is 0 Å². The van der Waals surface area contributed by atoms with Crippen LogP contribution >= 0.6 is 11.3 Å². The lowest BCUT2D eigenvalue weighted by atomic mass is 10.2. The number of carbonyl (C=O) groups excluding carboxylic acids is 1. The first-order chi connectivity index (χ1) is 11.6. The Labute approximate surface area is 139 Å². The van der Waals surface area contributed by atoms with Crippen molar-refractivity contribution in [2.24, 2.45) is 0 Å². The average molecular weight is 337 g/mol. The first-order valence-electron chi connectivity index (χ1n) is 7.11. The molecule has 0 aliphatic rings. The number of aromatic nitrogens is 1. The van der Waals surface area contributed by atoms with Crippen molar-refractivity contribution in [3.63, 3.8) is 0 Å². The molecule has 2 heterocycles. The molecular weight excluding hydrogens is 326 g/mol. The fourth-order valence-corrected chi connectivity index (χ4v) is 3.35. The van der Waals surface area contributed by atoms with E-state index in [1.807, 2.05) is 6.07 Å². The summed E-state index contributed by atoms with van der Waals surface area (Å²) in [5.41, 5.74) is 6.99. The number of carbonyl (C=O) groups is 1. The van der Waals surface area contributed by atoms with Gasteiger partial charge in [0.05, 0.1) is 15.6 Å². The molecule has 0 aliphatic heterocycles. The predicted octanol–water partition coefficient (Wildman–Crippen LogP) is 3.24. The first kappa shape index (κ1) is 14.4. The lowest BCUT2D eigenvalue weighted by Gasteiger charge is -2.05. The molecule has 0 aliphatic carbocycles. The molecule has 4 aromatic rings. The number of anilines is 2. The molecule has 0 atom stereocenters. The van der Waals surface area contributed by atoms with Gasteiger partial charge < -0.3 is 15.5 Å². The smallest absolute Gasteiger partial charge is 0.291 e. The van der Waals surface area contributed by atoms with Crippen LogP contribution in [0.3, 0.4) is 0 Å². The molecule has 0 saturated carbocycles. The summed E-state index contributed by atoms with van der Waals surface area (Å²) in [5, 5.41) is 3.45. The van der Waals surface area contributed by atoms with Gasteiger partial charge in [0.25, 0.3) is 5.91 Å². The highest BCUT2D eigenvalue weighted by atomic mass is 32.1. The Morgan fingerprint density at radius 2 is 1.96 bits per heavy atom. The Hall–Kier alpha value is -3.19. The van der Waals surface area contributed by atoms with E-state index in [2.05, 4.69) is 10.3 Å². The van der Waals surface area contributed by atoms with Crippen LogP contribution in [0.1, 0.15) is 10.6 Å². The largest absolute Gasteiger partial charge is 0.451 e. The van der Waals surface area contributed by atoms with Crippen molar-refractivity contribution in [3.8, 4) is 0 Å². The number of nitrogens with one attached hydrogen (secondary N) is 1. The van der Waals surface area contributed by atoms with Gasteiger partial charge in [0.1, 0.15) is 5.58 Å². The van der Waals surface area contributed by atoms with Crippen LogP contribution in [0.4, 0.5) is 10.8 Å². The lowest BCUT2D eigenvalue weighted by Crippen LogP contribution is -2.14. The average Bonchev–Trinajstić information content (AvgIpc) is 2.95. The first-order valence-corrected chi connectivity index (χ1v) is 7.93. The van der Waals surface area contributed by atoms with Gasteiger partial charge in [-0.3, -0.25) is 9.59 Å². The fraction of sp³-hybridized carbons (Fsp3) is 0. The molecule has 0 spiro atoms. The Kier molecular flexibility index (Phi) is 3.28. The molecule has 6 nitrogen and oxygen atoms in total. The topological polar surface area (TPSA) is 98.2 Å². The highest BCUT2D eigenvalue weighted by Gasteiger charge is 2.16. The van der Waals surface area contributed by atoms with E-state index in [1.54, 1.807) is 36.4 Å². The van der Waals surface area contributed by atoms with Gasteiger partial charge in [-0.1, -0.05) is 29.5 Å². The molecule has 0 radical (unpaired) electrons. The molecule has 0 unspecified atom stereocenters. The van der Waals surface area contributed by atoms with Crippen LogP contribution in [0.25, 0.3) is 21.2 Å². The van der Waals surface area contributed by atoms with Gasteiger partial charge in [0.15, 0.2) is 16.3 Å². The summed E-state index contributed by atoms with van der Waals surface area (Å²) in [6.07, 6.45) is 0. The predicted molar refractivity (Wildman–Crippen MR) is 94.5 cm³/mol. The molecule has 118 valence electrons. The Bertz CT molecular complexity index is 1130. The zero-order valence-electron chi connectivity index (χ0n) is 12.3. The SMILES string of the molecule is Nc1nc2ccc3oc(C(=O)Nc4ccccc4)cc(=O)c3c2s1. The number of hydrogen-bond donors (Lipinski definition) is 2. The molecule has 2 aromatic heterocycles. The third-order valence-electron chi connectivity index (χ3n) is 3.52. The summed E-state index contributed by atoms with van der Waals surface area (Å²) < 4.78 is 6.28. The maximum absolute atomic E-state index is 12.5. The van der Waals surface area contributed by atoms with E-state index < -0.39 is 5.91 Å². The second-order valence-electron chi connectivity index (χ2n) is 5.13. The Morgan fingerprint density at radius 3 is 2.75 bits per heavy atom. The van der Waals surface area contributed by atoms with Crippen LogP contribution in [-0.2, 0) is 0 Å². The van der Waals surface area contributed by atoms with Crippen LogP contribution in [0.2, 0.25) is 0 Å². The number of thiazole rings is 1. The minimum atomic E-state index is -0.482. The third-order valence-corrected chi connectivity index (χ3v) is 4.44. The van der Waals surface area contributed by atoms with Gasteiger partial charge in [-0.2, -0.15) is 0 Å². The summed E-state index contributed by atoms with van der Waals surface area (Å²) in [5.74, 6) is -0.530. The normalized spacial score (nSPS) is 11.0. The van der Waals surface area contributed by atoms with Gasteiger partial charge in [0, 0.05) is 11.8 Å². The van der Waals surface area contributed by atoms with E-state index in [0.717, 1.165) is 0 Å². The summed E-state index contributed by atoms with van der Waals surface area (Å²) >= 11 is 1.22. The molecule has 0 fully saturated rings. The van der Waals surface area contributed by atoms with E-state index in [9.17, 15) is 9.59 Å². The van der Waals surface area contributed by atoms with Gasteiger partial charge in [0.2, 0.25) is 0 Å². The van der Waals surface area contributed by atoms with E-state index in [1.165, 1.54) is 17.4 Å². The van der Waals surface area contributed by atoms with Crippen molar-refractivity contribution >= 4 is 49.2 Å². The third kappa shape index (κ3) is 2.40. The summed E-state index contributed by atoms with van der Waals surface area (Å²) in [6, 6.07) is 13.5. The number of rotatable bonds is 2. The Morgan fingerprint density at radius 1 is 1.17 bits per heavy atom. The van der Waals surface area contributed by atoms with Crippen LogP contribution in [-0.4, -0.2) is 10.9 Å². The van der Waals surface area contributed by atoms with Crippen molar-refractivity contribution in [3.05, 3.63) is 64.5 Å². The fourth-order valence-electron chi connectivity index (χ4n) is 2.47. The second-order valence-corrected chi connectivity index (χ2v) is 6.16. The van der Waals surface area contributed by atoms with E-state index in [4.69, 9.17) is 10.2 Å². The monoisotopic (exact) mass is 337 g/mol. The molecule has 3 N–H and O–H groups in total. The Balaban J connectivity index is 1.82. The standard InChI is InChI=1S/C17H11N3O3S/c18-17-20-10-6-7-12-14(15(10)24-17)11(21)8-13(23-12)16(22)19-9-4-2-1-3-5-9/h1-8H,(H2,18,20)(H,19,22). The second kappa shape index (κ2) is 5.47. The van der Waals surface area contributed by atoms with Gasteiger partial charge >= 0.3 is 0 Å². The van der Waals surface area contributed by atoms with E-state index >= 15 is 0 Å². The molecule has 24 heavy (non-hydrogen) atoms. The summed E-state index contributed by atoms with van der Waals surface area (Å²) in [7, 11) is 0.